The molecule has 6 rings (SSSR count). The van der Waals surface area contributed by atoms with Gasteiger partial charge in [-0.25, -0.2) is 9.18 Å². The quantitative estimate of drug-likeness (QED) is 0.365. The molecule has 3 aliphatic heterocycles. The van der Waals surface area contributed by atoms with Crippen LogP contribution < -0.4 is 14.4 Å². The second kappa shape index (κ2) is 12.4. The number of anilines is 1. The molecule has 0 N–H and O–H groups in total. The molecule has 0 unspecified atom stereocenters. The molecule has 3 aliphatic rings. The number of nitrogens with zero attached hydrogens (tertiary/aromatic N) is 3. The molecule has 42 heavy (non-hydrogen) atoms. The number of halogens is 1. The topological polar surface area (TPSA) is 71.6 Å². The van der Waals surface area contributed by atoms with Crippen LogP contribution in [0.25, 0.3) is 0 Å². The lowest BCUT2D eigenvalue weighted by Crippen LogP contribution is -2.50. The number of para-hydroxylation sites is 1. The van der Waals surface area contributed by atoms with Gasteiger partial charge in [-0.2, -0.15) is 0 Å². The fourth-order valence-electron chi connectivity index (χ4n) is 6.21. The van der Waals surface area contributed by atoms with Crippen LogP contribution in [-0.4, -0.2) is 67.2 Å². The Morgan fingerprint density at radius 1 is 0.952 bits per heavy atom. The Balaban J connectivity index is 1.04. The van der Waals surface area contributed by atoms with E-state index in [-0.39, 0.29) is 36.6 Å². The summed E-state index contributed by atoms with van der Waals surface area (Å²) in [4.78, 5) is 32.0. The van der Waals surface area contributed by atoms with Crippen LogP contribution in [0, 0.1) is 5.82 Å². The van der Waals surface area contributed by atoms with Gasteiger partial charge in [0.1, 0.15) is 30.0 Å². The molecule has 0 aromatic heterocycles. The van der Waals surface area contributed by atoms with Gasteiger partial charge in [0.05, 0.1) is 18.4 Å². The summed E-state index contributed by atoms with van der Waals surface area (Å²) in [5, 5.41) is 0. The first-order valence-corrected chi connectivity index (χ1v) is 14.6. The average Bonchev–Trinajstić information content (AvgIpc) is 3.02. The van der Waals surface area contributed by atoms with Crippen LogP contribution >= 0.6 is 0 Å². The summed E-state index contributed by atoms with van der Waals surface area (Å²) in [6, 6.07) is 19.9. The SMILES string of the molecule is COc1cc(OC2CCN(Cc3cccc(F)c3)CC2)ccc1C(=O)N1CCC(N2C(=O)OCc3ccccc32)CC1. The number of fused-ring (bicyclic) bond motifs is 1. The molecule has 0 radical (unpaired) electrons. The Morgan fingerprint density at radius 2 is 1.74 bits per heavy atom. The van der Waals surface area contributed by atoms with Gasteiger partial charge in [-0.1, -0.05) is 30.3 Å². The van der Waals surface area contributed by atoms with Crippen LogP contribution in [-0.2, 0) is 17.9 Å². The van der Waals surface area contributed by atoms with E-state index in [0.717, 1.165) is 49.3 Å². The maximum absolute atomic E-state index is 13.5. The standard InChI is InChI=1S/C33H36FN3O5/c1-40-31-20-28(42-27-13-15-35(16-14-27)21-23-5-4-7-25(34)19-23)9-10-29(31)32(38)36-17-11-26(12-18-36)37-30-8-3-2-6-24(30)22-41-33(37)39/h2-10,19-20,26-27H,11-18,21-22H2,1H3. The summed E-state index contributed by atoms with van der Waals surface area (Å²) < 4.78 is 30.8. The zero-order valence-electron chi connectivity index (χ0n) is 23.8. The van der Waals surface area contributed by atoms with Crippen molar-refractivity contribution in [3.8, 4) is 11.5 Å². The van der Waals surface area contributed by atoms with Gasteiger partial charge >= 0.3 is 6.09 Å². The van der Waals surface area contributed by atoms with Gasteiger partial charge in [0.2, 0.25) is 0 Å². The van der Waals surface area contributed by atoms with Crippen LogP contribution in [0.2, 0.25) is 0 Å². The molecular formula is C33H36FN3O5. The van der Waals surface area contributed by atoms with Gasteiger partial charge in [0, 0.05) is 50.4 Å². The molecule has 8 nitrogen and oxygen atoms in total. The number of hydrogen-bond donors (Lipinski definition) is 0. The fourth-order valence-corrected chi connectivity index (χ4v) is 6.21. The van der Waals surface area contributed by atoms with Crippen molar-refractivity contribution in [3.63, 3.8) is 0 Å². The average molecular weight is 574 g/mol. The Morgan fingerprint density at radius 3 is 2.50 bits per heavy atom. The number of methoxy groups -OCH3 is 1. The second-order valence-electron chi connectivity index (χ2n) is 11.2. The summed E-state index contributed by atoms with van der Waals surface area (Å²) in [6.45, 7) is 3.81. The van der Waals surface area contributed by atoms with E-state index in [1.807, 2.05) is 41.3 Å². The van der Waals surface area contributed by atoms with Gasteiger partial charge in [0.15, 0.2) is 0 Å². The number of likely N-dealkylation sites (tertiary alicyclic amines) is 2. The van der Waals surface area contributed by atoms with Crippen molar-refractivity contribution < 1.29 is 28.2 Å². The lowest BCUT2D eigenvalue weighted by Gasteiger charge is -2.40. The zero-order chi connectivity index (χ0) is 29.1. The maximum atomic E-state index is 13.5. The van der Waals surface area contributed by atoms with Crippen molar-refractivity contribution in [1.82, 2.24) is 9.80 Å². The Labute approximate surface area is 245 Å². The molecule has 2 amide bonds. The van der Waals surface area contributed by atoms with E-state index < -0.39 is 0 Å². The minimum absolute atomic E-state index is 0.0269. The largest absolute Gasteiger partial charge is 0.496 e. The first kappa shape index (κ1) is 28.0. The molecule has 0 bridgehead atoms. The van der Waals surface area contributed by atoms with Crippen LogP contribution in [0.3, 0.4) is 0 Å². The highest BCUT2D eigenvalue weighted by atomic mass is 19.1. The maximum Gasteiger partial charge on any atom is 0.414 e. The molecule has 220 valence electrons. The van der Waals surface area contributed by atoms with E-state index in [2.05, 4.69) is 4.90 Å². The molecule has 3 aromatic rings. The van der Waals surface area contributed by atoms with Gasteiger partial charge in [-0.15, -0.1) is 0 Å². The van der Waals surface area contributed by atoms with E-state index in [9.17, 15) is 14.0 Å². The predicted molar refractivity (Wildman–Crippen MR) is 156 cm³/mol. The molecule has 2 saturated heterocycles. The van der Waals surface area contributed by atoms with E-state index in [1.54, 1.807) is 36.3 Å². The summed E-state index contributed by atoms with van der Waals surface area (Å²) in [6.07, 6.45) is 2.79. The highest BCUT2D eigenvalue weighted by Crippen LogP contribution is 2.33. The van der Waals surface area contributed by atoms with Crippen LogP contribution in [0.5, 0.6) is 11.5 Å². The van der Waals surface area contributed by atoms with Crippen LogP contribution in [0.15, 0.2) is 66.7 Å². The third kappa shape index (κ3) is 6.06. The summed E-state index contributed by atoms with van der Waals surface area (Å²) in [7, 11) is 1.56. The number of cyclic esters (lactones) is 1. The van der Waals surface area contributed by atoms with Gasteiger partial charge < -0.3 is 19.1 Å². The van der Waals surface area contributed by atoms with Crippen molar-refractivity contribution >= 4 is 17.7 Å². The summed E-state index contributed by atoms with van der Waals surface area (Å²) in [5.41, 5.74) is 3.36. The first-order valence-electron chi connectivity index (χ1n) is 14.6. The number of benzene rings is 3. The van der Waals surface area contributed by atoms with E-state index in [0.29, 0.717) is 43.0 Å². The van der Waals surface area contributed by atoms with Gasteiger partial charge in [-0.05, 0) is 61.6 Å². The molecular weight excluding hydrogens is 537 g/mol. The van der Waals surface area contributed by atoms with E-state index in [1.165, 1.54) is 6.07 Å². The number of rotatable bonds is 7. The summed E-state index contributed by atoms with van der Waals surface area (Å²) >= 11 is 0. The van der Waals surface area contributed by atoms with Crippen LogP contribution in [0.1, 0.15) is 47.2 Å². The number of hydrogen-bond acceptors (Lipinski definition) is 6. The Hall–Kier alpha value is -4.11. The highest BCUT2D eigenvalue weighted by molar-refractivity contribution is 5.97. The zero-order valence-corrected chi connectivity index (χ0v) is 23.8. The molecule has 0 saturated carbocycles. The number of ether oxygens (including phenoxy) is 3. The highest BCUT2D eigenvalue weighted by Gasteiger charge is 2.35. The minimum Gasteiger partial charge on any atom is -0.496 e. The number of carbonyl (C=O) groups is 2. The molecule has 9 heteroatoms. The van der Waals surface area contributed by atoms with Crippen LogP contribution in [0.4, 0.5) is 14.9 Å². The number of amides is 2. The van der Waals surface area contributed by atoms with Crippen molar-refractivity contribution in [2.45, 2.75) is 51.0 Å². The lowest BCUT2D eigenvalue weighted by molar-refractivity contribution is 0.0704. The minimum atomic E-state index is -0.326. The van der Waals surface area contributed by atoms with Crippen molar-refractivity contribution in [2.75, 3.05) is 38.2 Å². The fraction of sp³-hybridized carbons (Fsp3) is 0.394. The second-order valence-corrected chi connectivity index (χ2v) is 11.2. The molecule has 0 aliphatic carbocycles. The Kier molecular flexibility index (Phi) is 8.28. The van der Waals surface area contributed by atoms with E-state index in [4.69, 9.17) is 14.2 Å². The molecule has 0 spiro atoms. The number of piperidine rings is 2. The molecule has 3 aromatic carbocycles. The first-order chi connectivity index (χ1) is 20.5. The molecule has 0 atom stereocenters. The predicted octanol–water partition coefficient (Wildman–Crippen LogP) is 5.64. The summed E-state index contributed by atoms with van der Waals surface area (Å²) in [5.74, 6) is 0.857. The van der Waals surface area contributed by atoms with Gasteiger partial charge in [0.25, 0.3) is 5.91 Å². The van der Waals surface area contributed by atoms with Crippen molar-refractivity contribution in [2.24, 2.45) is 0 Å². The number of carbonyl (C=O) groups excluding carboxylic acids is 2. The molecule has 2 fully saturated rings. The molecule has 3 heterocycles. The Bertz CT molecular complexity index is 1430. The smallest absolute Gasteiger partial charge is 0.414 e. The lowest BCUT2D eigenvalue weighted by atomic mass is 10.00. The third-order valence-electron chi connectivity index (χ3n) is 8.45. The third-order valence-corrected chi connectivity index (χ3v) is 8.45. The van der Waals surface area contributed by atoms with E-state index >= 15 is 0 Å². The van der Waals surface area contributed by atoms with Crippen molar-refractivity contribution in [3.05, 3.63) is 89.2 Å². The van der Waals surface area contributed by atoms with Gasteiger partial charge in [-0.3, -0.25) is 14.6 Å². The van der Waals surface area contributed by atoms with Crippen molar-refractivity contribution in [1.29, 1.82) is 0 Å². The monoisotopic (exact) mass is 573 g/mol. The normalized spacial score (nSPS) is 18.4.